The Labute approximate surface area is 113 Å². The van der Waals surface area contributed by atoms with Crippen LogP contribution in [0.3, 0.4) is 0 Å². The number of phenolic OH excluding ortho intramolecular Hbond substituents is 1. The van der Waals surface area contributed by atoms with Crippen molar-refractivity contribution in [2.24, 2.45) is 4.99 Å². The first-order valence-corrected chi connectivity index (χ1v) is 6.08. The summed E-state index contributed by atoms with van der Waals surface area (Å²) in [5.74, 6) is 1.04. The summed E-state index contributed by atoms with van der Waals surface area (Å²) in [6, 6.07) is 11.4. The first-order chi connectivity index (χ1) is 9.10. The van der Waals surface area contributed by atoms with Crippen molar-refractivity contribution in [1.29, 1.82) is 0 Å². The van der Waals surface area contributed by atoms with Gasteiger partial charge in [0.05, 0.1) is 7.11 Å². The fraction of sp³-hybridized carbons (Fsp3) is 0.188. The van der Waals surface area contributed by atoms with Gasteiger partial charge >= 0.3 is 0 Å². The number of hydrogen-bond donors (Lipinski definition) is 1. The van der Waals surface area contributed by atoms with E-state index in [1.165, 1.54) is 0 Å². The molecule has 0 fully saturated rings. The first-order valence-electron chi connectivity index (χ1n) is 6.08. The van der Waals surface area contributed by atoms with Gasteiger partial charge in [-0.3, -0.25) is 4.99 Å². The average Bonchev–Trinajstić information content (AvgIpc) is 2.41. The van der Waals surface area contributed by atoms with Crippen molar-refractivity contribution in [1.82, 2.24) is 0 Å². The third-order valence-electron chi connectivity index (χ3n) is 2.89. The van der Waals surface area contributed by atoms with Crippen LogP contribution in [0.1, 0.15) is 16.7 Å². The van der Waals surface area contributed by atoms with Crippen LogP contribution < -0.4 is 4.74 Å². The molecule has 0 aliphatic rings. The summed E-state index contributed by atoms with van der Waals surface area (Å²) in [7, 11) is 1.64. The Morgan fingerprint density at radius 1 is 1.11 bits per heavy atom. The zero-order valence-electron chi connectivity index (χ0n) is 11.3. The normalized spacial score (nSPS) is 10.9. The minimum Gasteiger partial charge on any atom is -0.505 e. The molecule has 0 aliphatic heterocycles. The molecule has 0 aromatic heterocycles. The summed E-state index contributed by atoms with van der Waals surface area (Å²) in [6.45, 7) is 3.85. The minimum absolute atomic E-state index is 0.232. The molecule has 0 radical (unpaired) electrons. The summed E-state index contributed by atoms with van der Waals surface area (Å²) in [5.41, 5.74) is 3.46. The number of nitrogens with zero attached hydrogens (tertiary/aromatic N) is 1. The molecule has 0 unspecified atom stereocenters. The van der Waals surface area contributed by atoms with Gasteiger partial charge in [-0.25, -0.2) is 0 Å². The lowest BCUT2D eigenvalue weighted by Gasteiger charge is -2.04. The maximum atomic E-state index is 9.95. The molecule has 0 amide bonds. The summed E-state index contributed by atoms with van der Waals surface area (Å²) in [5, 5.41) is 9.95. The smallest absolute Gasteiger partial charge is 0.144 e. The Bertz CT molecular complexity index is 601. The Kier molecular flexibility index (Phi) is 3.85. The van der Waals surface area contributed by atoms with Crippen molar-refractivity contribution in [3.8, 4) is 11.5 Å². The summed E-state index contributed by atoms with van der Waals surface area (Å²) >= 11 is 0. The number of rotatable bonds is 3. The van der Waals surface area contributed by atoms with Gasteiger partial charge in [-0.05, 0) is 60.9 Å². The van der Waals surface area contributed by atoms with E-state index < -0.39 is 0 Å². The van der Waals surface area contributed by atoms with E-state index in [1.54, 1.807) is 13.3 Å². The van der Waals surface area contributed by atoms with Gasteiger partial charge in [-0.15, -0.1) is 0 Å². The minimum atomic E-state index is 0.232. The van der Waals surface area contributed by atoms with Gasteiger partial charge in [0.2, 0.25) is 0 Å². The molecule has 0 spiro atoms. The fourth-order valence-corrected chi connectivity index (χ4v) is 1.87. The third-order valence-corrected chi connectivity index (χ3v) is 2.89. The molecule has 0 bridgehead atoms. The van der Waals surface area contributed by atoms with Gasteiger partial charge in [-0.1, -0.05) is 6.07 Å². The summed E-state index contributed by atoms with van der Waals surface area (Å²) in [4.78, 5) is 4.34. The van der Waals surface area contributed by atoms with Gasteiger partial charge in [0.25, 0.3) is 0 Å². The van der Waals surface area contributed by atoms with Crippen molar-refractivity contribution in [3.63, 3.8) is 0 Å². The van der Waals surface area contributed by atoms with E-state index in [0.29, 0.717) is 5.69 Å². The zero-order chi connectivity index (χ0) is 13.8. The predicted molar refractivity (Wildman–Crippen MR) is 77.8 cm³/mol. The van der Waals surface area contributed by atoms with Gasteiger partial charge in [0.15, 0.2) is 0 Å². The second-order valence-corrected chi connectivity index (χ2v) is 4.48. The quantitative estimate of drug-likeness (QED) is 0.848. The lowest BCUT2D eigenvalue weighted by atomic mass is 10.1. The molecular weight excluding hydrogens is 238 g/mol. The maximum absolute atomic E-state index is 9.95. The number of ether oxygens (including phenoxy) is 1. The third kappa shape index (κ3) is 3.13. The van der Waals surface area contributed by atoms with Crippen LogP contribution in [0.2, 0.25) is 0 Å². The van der Waals surface area contributed by atoms with Crippen LogP contribution in [-0.2, 0) is 0 Å². The van der Waals surface area contributed by atoms with E-state index in [9.17, 15) is 5.11 Å². The van der Waals surface area contributed by atoms with E-state index >= 15 is 0 Å². The summed E-state index contributed by atoms with van der Waals surface area (Å²) < 4.78 is 5.10. The van der Waals surface area contributed by atoms with Crippen molar-refractivity contribution in [2.45, 2.75) is 13.8 Å². The monoisotopic (exact) mass is 255 g/mol. The Balaban J connectivity index is 2.27. The van der Waals surface area contributed by atoms with Crippen LogP contribution in [-0.4, -0.2) is 18.4 Å². The Hall–Kier alpha value is -2.29. The molecule has 0 aliphatic carbocycles. The van der Waals surface area contributed by atoms with E-state index in [2.05, 4.69) is 4.99 Å². The number of aromatic hydroxyl groups is 1. The maximum Gasteiger partial charge on any atom is 0.144 e. The lowest BCUT2D eigenvalue weighted by molar-refractivity contribution is 0.415. The molecule has 3 heteroatoms. The molecule has 0 saturated heterocycles. The van der Waals surface area contributed by atoms with Crippen molar-refractivity contribution in [3.05, 3.63) is 53.1 Å². The van der Waals surface area contributed by atoms with Gasteiger partial charge < -0.3 is 9.84 Å². The second kappa shape index (κ2) is 5.57. The van der Waals surface area contributed by atoms with Crippen LogP contribution in [0.25, 0.3) is 0 Å². The molecule has 2 aromatic carbocycles. The summed E-state index contributed by atoms with van der Waals surface area (Å²) in [6.07, 6.45) is 1.73. The molecule has 2 aromatic rings. The SMILES string of the molecule is COc1ccc(C=Nc2cc(C)cc(C)c2O)cc1. The second-order valence-electron chi connectivity index (χ2n) is 4.48. The Morgan fingerprint density at radius 2 is 1.79 bits per heavy atom. The standard InChI is InChI=1S/C16H17NO2/c1-11-8-12(2)16(18)15(9-11)17-10-13-4-6-14(19-3)7-5-13/h4-10,18H,1-3H3. The van der Waals surface area contributed by atoms with Gasteiger partial charge in [-0.2, -0.15) is 0 Å². The predicted octanol–water partition coefficient (Wildman–Crippen LogP) is 3.77. The molecular formula is C16H17NO2. The van der Waals surface area contributed by atoms with E-state index in [0.717, 1.165) is 22.4 Å². The van der Waals surface area contributed by atoms with E-state index in [4.69, 9.17) is 4.74 Å². The number of aliphatic imine (C=N–C) groups is 1. The molecule has 0 atom stereocenters. The topological polar surface area (TPSA) is 41.8 Å². The van der Waals surface area contributed by atoms with Crippen LogP contribution in [0.5, 0.6) is 11.5 Å². The van der Waals surface area contributed by atoms with Crippen molar-refractivity contribution in [2.75, 3.05) is 7.11 Å². The molecule has 98 valence electrons. The Morgan fingerprint density at radius 3 is 2.42 bits per heavy atom. The van der Waals surface area contributed by atoms with Gasteiger partial charge in [0, 0.05) is 6.21 Å². The number of benzene rings is 2. The number of hydrogen-bond acceptors (Lipinski definition) is 3. The zero-order valence-corrected chi connectivity index (χ0v) is 11.3. The van der Waals surface area contributed by atoms with Crippen molar-refractivity contribution >= 4 is 11.9 Å². The number of aryl methyl sites for hydroxylation is 2. The van der Waals surface area contributed by atoms with Crippen molar-refractivity contribution < 1.29 is 9.84 Å². The molecule has 2 rings (SSSR count). The molecule has 0 heterocycles. The molecule has 3 nitrogen and oxygen atoms in total. The van der Waals surface area contributed by atoms with Gasteiger partial charge in [0.1, 0.15) is 17.2 Å². The largest absolute Gasteiger partial charge is 0.505 e. The van der Waals surface area contributed by atoms with Crippen LogP contribution in [0.4, 0.5) is 5.69 Å². The average molecular weight is 255 g/mol. The number of phenols is 1. The highest BCUT2D eigenvalue weighted by atomic mass is 16.5. The van der Waals surface area contributed by atoms with Crippen LogP contribution >= 0.6 is 0 Å². The number of methoxy groups -OCH3 is 1. The van der Waals surface area contributed by atoms with E-state index in [1.807, 2.05) is 50.2 Å². The molecule has 0 saturated carbocycles. The highest BCUT2D eigenvalue weighted by Gasteiger charge is 2.03. The highest BCUT2D eigenvalue weighted by molar-refractivity contribution is 5.83. The van der Waals surface area contributed by atoms with E-state index in [-0.39, 0.29) is 5.75 Å². The highest BCUT2D eigenvalue weighted by Crippen LogP contribution is 2.31. The lowest BCUT2D eigenvalue weighted by Crippen LogP contribution is -1.85. The van der Waals surface area contributed by atoms with Crippen LogP contribution in [0.15, 0.2) is 41.4 Å². The van der Waals surface area contributed by atoms with Crippen LogP contribution in [0, 0.1) is 13.8 Å². The fourth-order valence-electron chi connectivity index (χ4n) is 1.87. The molecule has 19 heavy (non-hydrogen) atoms. The molecule has 1 N–H and O–H groups in total. The first kappa shape index (κ1) is 13.1.